The Morgan fingerprint density at radius 1 is 1.05 bits per heavy atom. The maximum Gasteiger partial charge on any atom is 0.137 e. The molecular weight excluding hydrogens is 260 g/mol. The van der Waals surface area contributed by atoms with E-state index in [-0.39, 0.29) is 0 Å². The standard InChI is InChI=1S/C19H24O2/c1-2-17-12-13-18(21-17)19(20)16-10-8-15(9-11-16)14-6-4-3-5-7-14/h8-14,19-20H,2-7H2,1H3. The second-order valence-electron chi connectivity index (χ2n) is 6.06. The van der Waals surface area contributed by atoms with Crippen LogP contribution in [0.2, 0.25) is 0 Å². The maximum atomic E-state index is 10.4. The lowest BCUT2D eigenvalue weighted by atomic mass is 9.84. The van der Waals surface area contributed by atoms with Crippen molar-refractivity contribution in [1.82, 2.24) is 0 Å². The van der Waals surface area contributed by atoms with E-state index in [1.807, 2.05) is 31.2 Å². The molecule has 1 N–H and O–H groups in total. The molecule has 0 aliphatic heterocycles. The van der Waals surface area contributed by atoms with Crippen LogP contribution in [0.4, 0.5) is 0 Å². The molecule has 1 aromatic heterocycles. The fourth-order valence-corrected chi connectivity index (χ4v) is 3.28. The molecular formula is C19H24O2. The van der Waals surface area contributed by atoms with Gasteiger partial charge in [0.05, 0.1) is 0 Å². The summed E-state index contributed by atoms with van der Waals surface area (Å²) >= 11 is 0. The minimum absolute atomic E-state index is 0.636. The normalized spacial score (nSPS) is 17.8. The van der Waals surface area contributed by atoms with Crippen LogP contribution in [0.25, 0.3) is 0 Å². The molecule has 0 radical (unpaired) electrons. The minimum atomic E-state index is -0.661. The van der Waals surface area contributed by atoms with Crippen LogP contribution in [0, 0.1) is 0 Å². The quantitative estimate of drug-likeness (QED) is 0.859. The second-order valence-corrected chi connectivity index (χ2v) is 6.06. The fourth-order valence-electron chi connectivity index (χ4n) is 3.28. The summed E-state index contributed by atoms with van der Waals surface area (Å²) in [7, 11) is 0. The van der Waals surface area contributed by atoms with E-state index < -0.39 is 6.10 Å². The Balaban J connectivity index is 1.73. The van der Waals surface area contributed by atoms with Gasteiger partial charge in [-0.05, 0) is 42.0 Å². The van der Waals surface area contributed by atoms with E-state index in [0.29, 0.717) is 11.7 Å². The monoisotopic (exact) mass is 284 g/mol. The molecule has 0 amide bonds. The number of aryl methyl sites for hydroxylation is 1. The molecule has 1 heterocycles. The molecule has 0 spiro atoms. The third-order valence-electron chi connectivity index (χ3n) is 4.63. The highest BCUT2D eigenvalue weighted by molar-refractivity contribution is 5.30. The first-order chi connectivity index (χ1) is 10.3. The number of benzene rings is 1. The first kappa shape index (κ1) is 14.4. The summed E-state index contributed by atoms with van der Waals surface area (Å²) in [5, 5.41) is 10.4. The molecule has 0 saturated heterocycles. The summed E-state index contributed by atoms with van der Waals surface area (Å²) in [5.41, 5.74) is 2.32. The Labute approximate surface area is 126 Å². The molecule has 2 aromatic rings. The van der Waals surface area contributed by atoms with Gasteiger partial charge in [-0.1, -0.05) is 50.5 Å². The number of hydrogen-bond donors (Lipinski definition) is 1. The van der Waals surface area contributed by atoms with Crippen molar-refractivity contribution in [3.63, 3.8) is 0 Å². The number of aliphatic hydroxyl groups is 1. The van der Waals surface area contributed by atoms with Gasteiger partial charge in [0.15, 0.2) is 0 Å². The molecule has 1 aromatic carbocycles. The fraction of sp³-hybridized carbons (Fsp3) is 0.474. The van der Waals surface area contributed by atoms with Gasteiger partial charge in [-0.3, -0.25) is 0 Å². The highest BCUT2D eigenvalue weighted by Crippen LogP contribution is 2.33. The van der Waals surface area contributed by atoms with Gasteiger partial charge in [-0.15, -0.1) is 0 Å². The molecule has 1 aliphatic rings. The third kappa shape index (κ3) is 3.21. The highest BCUT2D eigenvalue weighted by atomic mass is 16.4. The van der Waals surface area contributed by atoms with E-state index in [0.717, 1.165) is 17.7 Å². The Kier molecular flexibility index (Phi) is 4.45. The number of aliphatic hydroxyl groups excluding tert-OH is 1. The van der Waals surface area contributed by atoms with E-state index in [1.165, 1.54) is 37.7 Å². The lowest BCUT2D eigenvalue weighted by Gasteiger charge is -2.22. The van der Waals surface area contributed by atoms with Gasteiger partial charge in [0.25, 0.3) is 0 Å². The van der Waals surface area contributed by atoms with Crippen LogP contribution in [-0.4, -0.2) is 5.11 Å². The van der Waals surface area contributed by atoms with Crippen LogP contribution in [0.1, 0.15) is 73.7 Å². The molecule has 3 rings (SSSR count). The molecule has 1 atom stereocenters. The van der Waals surface area contributed by atoms with Crippen LogP contribution >= 0.6 is 0 Å². The lowest BCUT2D eigenvalue weighted by molar-refractivity contribution is 0.187. The Hall–Kier alpha value is -1.54. The van der Waals surface area contributed by atoms with Gasteiger partial charge in [-0.2, -0.15) is 0 Å². The second kappa shape index (κ2) is 6.48. The van der Waals surface area contributed by atoms with Crippen molar-refractivity contribution in [3.8, 4) is 0 Å². The molecule has 1 saturated carbocycles. The average molecular weight is 284 g/mol. The van der Waals surface area contributed by atoms with Gasteiger partial charge in [0.2, 0.25) is 0 Å². The van der Waals surface area contributed by atoms with Crippen molar-refractivity contribution in [2.24, 2.45) is 0 Å². The van der Waals surface area contributed by atoms with Crippen molar-refractivity contribution in [1.29, 1.82) is 0 Å². The zero-order chi connectivity index (χ0) is 14.7. The predicted octanol–water partition coefficient (Wildman–Crippen LogP) is 4.97. The summed E-state index contributed by atoms with van der Waals surface area (Å²) in [5.74, 6) is 2.26. The first-order valence-corrected chi connectivity index (χ1v) is 8.14. The van der Waals surface area contributed by atoms with Crippen LogP contribution in [0.3, 0.4) is 0 Å². The molecule has 1 fully saturated rings. The molecule has 0 bridgehead atoms. The molecule has 112 valence electrons. The Morgan fingerprint density at radius 2 is 1.76 bits per heavy atom. The predicted molar refractivity (Wildman–Crippen MR) is 84.4 cm³/mol. The summed E-state index contributed by atoms with van der Waals surface area (Å²) in [6, 6.07) is 12.3. The summed E-state index contributed by atoms with van der Waals surface area (Å²) in [4.78, 5) is 0. The number of furan rings is 1. The van der Waals surface area contributed by atoms with Gasteiger partial charge < -0.3 is 9.52 Å². The van der Waals surface area contributed by atoms with Gasteiger partial charge in [0.1, 0.15) is 17.6 Å². The molecule has 21 heavy (non-hydrogen) atoms. The Bertz CT molecular complexity index is 562. The first-order valence-electron chi connectivity index (χ1n) is 8.14. The van der Waals surface area contributed by atoms with Gasteiger partial charge in [-0.25, -0.2) is 0 Å². The minimum Gasteiger partial charge on any atom is -0.463 e. The van der Waals surface area contributed by atoms with E-state index in [9.17, 15) is 5.11 Å². The van der Waals surface area contributed by atoms with E-state index in [4.69, 9.17) is 4.42 Å². The largest absolute Gasteiger partial charge is 0.463 e. The zero-order valence-corrected chi connectivity index (χ0v) is 12.7. The molecule has 2 heteroatoms. The topological polar surface area (TPSA) is 33.4 Å². The van der Waals surface area contributed by atoms with E-state index in [2.05, 4.69) is 12.1 Å². The summed E-state index contributed by atoms with van der Waals surface area (Å²) in [6.07, 6.45) is 6.88. The summed E-state index contributed by atoms with van der Waals surface area (Å²) < 4.78 is 5.65. The smallest absolute Gasteiger partial charge is 0.137 e. The number of hydrogen-bond acceptors (Lipinski definition) is 2. The maximum absolute atomic E-state index is 10.4. The van der Waals surface area contributed by atoms with Crippen molar-refractivity contribution in [3.05, 3.63) is 59.0 Å². The van der Waals surface area contributed by atoms with Crippen LogP contribution in [0.15, 0.2) is 40.8 Å². The molecule has 1 aliphatic carbocycles. The highest BCUT2D eigenvalue weighted by Gasteiger charge is 2.18. The molecule has 2 nitrogen and oxygen atoms in total. The van der Waals surface area contributed by atoms with Gasteiger partial charge >= 0.3 is 0 Å². The van der Waals surface area contributed by atoms with Crippen LogP contribution in [0.5, 0.6) is 0 Å². The summed E-state index contributed by atoms with van der Waals surface area (Å²) in [6.45, 7) is 2.05. The average Bonchev–Trinajstić information content (AvgIpc) is 3.04. The Morgan fingerprint density at radius 3 is 2.38 bits per heavy atom. The molecule has 1 unspecified atom stereocenters. The van der Waals surface area contributed by atoms with Crippen molar-refractivity contribution < 1.29 is 9.52 Å². The number of rotatable bonds is 4. The zero-order valence-electron chi connectivity index (χ0n) is 12.7. The lowest BCUT2D eigenvalue weighted by Crippen LogP contribution is -2.05. The van der Waals surface area contributed by atoms with Crippen molar-refractivity contribution >= 4 is 0 Å². The van der Waals surface area contributed by atoms with Crippen LogP contribution in [-0.2, 0) is 6.42 Å². The third-order valence-corrected chi connectivity index (χ3v) is 4.63. The SMILES string of the molecule is CCc1ccc(C(O)c2ccc(C3CCCCC3)cc2)o1. The van der Waals surface area contributed by atoms with Gasteiger partial charge in [0, 0.05) is 6.42 Å². The van der Waals surface area contributed by atoms with Crippen molar-refractivity contribution in [2.45, 2.75) is 57.5 Å². The van der Waals surface area contributed by atoms with E-state index >= 15 is 0 Å². The van der Waals surface area contributed by atoms with Crippen molar-refractivity contribution in [2.75, 3.05) is 0 Å². The van der Waals surface area contributed by atoms with Crippen LogP contribution < -0.4 is 0 Å². The van der Waals surface area contributed by atoms with E-state index in [1.54, 1.807) is 0 Å².